The van der Waals surface area contributed by atoms with Crippen LogP contribution in [0.1, 0.15) is 11.1 Å². The van der Waals surface area contributed by atoms with Crippen molar-refractivity contribution < 1.29 is 10.0 Å². The molecule has 80 valence electrons. The highest BCUT2D eigenvalue weighted by Crippen LogP contribution is 2.18. The highest BCUT2D eigenvalue weighted by Gasteiger charge is 2.19. The number of anilines is 1. The van der Waals surface area contributed by atoms with Gasteiger partial charge in [-0.2, -0.15) is 0 Å². The summed E-state index contributed by atoms with van der Waals surface area (Å²) in [6.07, 6.45) is 1.69. The van der Waals surface area contributed by atoms with Gasteiger partial charge < -0.3 is 14.9 Å². The zero-order valence-electron chi connectivity index (χ0n) is 9.36. The highest BCUT2D eigenvalue weighted by atomic mass is 16.4. The summed E-state index contributed by atoms with van der Waals surface area (Å²) >= 11 is 0. The summed E-state index contributed by atoms with van der Waals surface area (Å²) in [5, 5.41) is 18.6. The van der Waals surface area contributed by atoms with Gasteiger partial charge in [-0.25, -0.2) is 0 Å². The van der Waals surface area contributed by atoms with Crippen LogP contribution in [0.5, 0.6) is 0 Å². The van der Waals surface area contributed by atoms with Gasteiger partial charge in [0.2, 0.25) is 0 Å². The van der Waals surface area contributed by atoms with Gasteiger partial charge in [-0.1, -0.05) is 24.8 Å². The van der Waals surface area contributed by atoms with Gasteiger partial charge in [0.15, 0.2) is 0 Å². The fourth-order valence-electron chi connectivity index (χ4n) is 1.76. The monoisotopic (exact) mass is 205 g/mol. The molecule has 0 fully saturated rings. The normalized spacial score (nSPS) is 9.93. The van der Waals surface area contributed by atoms with E-state index >= 15 is 0 Å². The summed E-state index contributed by atoms with van der Waals surface area (Å²) in [5.74, 6) is 0. The average Bonchev–Trinajstić information content (AvgIpc) is 2.15. The van der Waals surface area contributed by atoms with Crippen LogP contribution in [0.25, 0.3) is 6.08 Å². The van der Waals surface area contributed by atoms with Gasteiger partial charge >= 0.3 is 7.12 Å². The van der Waals surface area contributed by atoms with E-state index in [1.807, 2.05) is 32.0 Å². The molecule has 0 aliphatic rings. The molecule has 4 heteroatoms. The van der Waals surface area contributed by atoms with Crippen LogP contribution in [0.3, 0.4) is 0 Å². The third-order valence-electron chi connectivity index (χ3n) is 2.31. The topological polar surface area (TPSA) is 43.7 Å². The molecular weight excluding hydrogens is 189 g/mol. The predicted octanol–water partition coefficient (Wildman–Crippen LogP) is 0.384. The van der Waals surface area contributed by atoms with E-state index in [0.717, 1.165) is 16.8 Å². The molecule has 0 saturated heterocycles. The molecule has 0 radical (unpaired) electrons. The van der Waals surface area contributed by atoms with Crippen molar-refractivity contribution in [2.24, 2.45) is 0 Å². The number of aryl methyl sites for hydroxylation is 1. The van der Waals surface area contributed by atoms with Crippen molar-refractivity contribution in [2.75, 3.05) is 19.0 Å². The molecule has 0 aliphatic heterocycles. The molecular formula is C11H16BNO2. The fourth-order valence-corrected chi connectivity index (χ4v) is 1.76. The molecule has 0 aromatic heterocycles. The van der Waals surface area contributed by atoms with E-state index in [2.05, 4.69) is 6.58 Å². The molecule has 0 unspecified atom stereocenters. The lowest BCUT2D eigenvalue weighted by Crippen LogP contribution is -2.35. The van der Waals surface area contributed by atoms with E-state index < -0.39 is 7.12 Å². The molecule has 1 aromatic rings. The Balaban J connectivity index is 3.42. The molecule has 0 bridgehead atoms. The van der Waals surface area contributed by atoms with Gasteiger partial charge in [-0.05, 0) is 18.1 Å². The molecule has 0 saturated carbocycles. The smallest absolute Gasteiger partial charge is 0.423 e. The second-order valence-electron chi connectivity index (χ2n) is 3.75. The summed E-state index contributed by atoms with van der Waals surface area (Å²) < 4.78 is 0. The third kappa shape index (κ3) is 2.40. The Hall–Kier alpha value is -1.26. The van der Waals surface area contributed by atoms with Gasteiger partial charge in [0.05, 0.1) is 0 Å². The third-order valence-corrected chi connectivity index (χ3v) is 2.31. The zero-order valence-corrected chi connectivity index (χ0v) is 9.36. The van der Waals surface area contributed by atoms with Crippen LogP contribution in [0.4, 0.5) is 5.69 Å². The maximum Gasteiger partial charge on any atom is 0.490 e. The van der Waals surface area contributed by atoms with Crippen LogP contribution in [0.2, 0.25) is 0 Å². The predicted molar refractivity (Wildman–Crippen MR) is 65.4 cm³/mol. The minimum atomic E-state index is -1.46. The number of hydrogen-bond donors (Lipinski definition) is 2. The van der Waals surface area contributed by atoms with Gasteiger partial charge in [-0.15, -0.1) is 0 Å². The Labute approximate surface area is 90.8 Å². The van der Waals surface area contributed by atoms with E-state index in [4.69, 9.17) is 0 Å². The first kappa shape index (κ1) is 11.8. The van der Waals surface area contributed by atoms with Crippen LogP contribution in [-0.2, 0) is 0 Å². The Kier molecular flexibility index (Phi) is 3.55. The molecule has 0 heterocycles. The second-order valence-corrected chi connectivity index (χ2v) is 3.75. The summed E-state index contributed by atoms with van der Waals surface area (Å²) in [5.41, 5.74) is 3.24. The molecule has 1 rings (SSSR count). The van der Waals surface area contributed by atoms with E-state index in [1.165, 1.54) is 0 Å². The van der Waals surface area contributed by atoms with Crippen molar-refractivity contribution in [1.29, 1.82) is 0 Å². The number of benzene rings is 1. The van der Waals surface area contributed by atoms with Crippen molar-refractivity contribution in [3.8, 4) is 0 Å². The van der Waals surface area contributed by atoms with Gasteiger partial charge in [0.25, 0.3) is 0 Å². The van der Waals surface area contributed by atoms with E-state index in [9.17, 15) is 10.0 Å². The Morgan fingerprint density at radius 3 is 2.33 bits per heavy atom. The molecule has 2 N–H and O–H groups in total. The van der Waals surface area contributed by atoms with Crippen molar-refractivity contribution in [3.05, 3.63) is 29.8 Å². The van der Waals surface area contributed by atoms with Crippen LogP contribution >= 0.6 is 0 Å². The molecule has 15 heavy (non-hydrogen) atoms. The average molecular weight is 205 g/mol. The standard InChI is InChI=1S/C11H16BNO2/c1-5-9-6-8(2)11(13(3)4)10(7-9)12(14)15/h5-7,14-15H,1H2,2-4H3. The first-order valence-corrected chi connectivity index (χ1v) is 4.77. The highest BCUT2D eigenvalue weighted by molar-refractivity contribution is 6.60. The Morgan fingerprint density at radius 1 is 1.33 bits per heavy atom. The molecule has 0 spiro atoms. The van der Waals surface area contributed by atoms with Crippen LogP contribution < -0.4 is 10.4 Å². The van der Waals surface area contributed by atoms with Crippen LogP contribution in [0.15, 0.2) is 18.7 Å². The van der Waals surface area contributed by atoms with Gasteiger partial charge in [-0.3, -0.25) is 0 Å². The quantitative estimate of drug-likeness (QED) is 0.701. The van der Waals surface area contributed by atoms with E-state index in [1.54, 1.807) is 12.1 Å². The van der Waals surface area contributed by atoms with Crippen LogP contribution in [-0.4, -0.2) is 31.3 Å². The fraction of sp³-hybridized carbons (Fsp3) is 0.273. The lowest BCUT2D eigenvalue weighted by Gasteiger charge is -2.20. The zero-order chi connectivity index (χ0) is 11.6. The van der Waals surface area contributed by atoms with E-state index in [0.29, 0.717) is 5.46 Å². The first-order chi connectivity index (χ1) is 6.97. The number of rotatable bonds is 3. The lowest BCUT2D eigenvalue weighted by molar-refractivity contribution is 0.426. The van der Waals surface area contributed by atoms with Crippen molar-refractivity contribution in [3.63, 3.8) is 0 Å². The Bertz CT molecular complexity index is 375. The Morgan fingerprint density at radius 2 is 1.93 bits per heavy atom. The summed E-state index contributed by atoms with van der Waals surface area (Å²) in [6.45, 7) is 5.61. The maximum atomic E-state index is 9.29. The number of hydrogen-bond acceptors (Lipinski definition) is 3. The SMILES string of the molecule is C=Cc1cc(C)c(N(C)C)c(B(O)O)c1. The van der Waals surface area contributed by atoms with Gasteiger partial charge in [0, 0.05) is 25.2 Å². The number of nitrogens with zero attached hydrogens (tertiary/aromatic N) is 1. The molecule has 0 aliphatic carbocycles. The first-order valence-electron chi connectivity index (χ1n) is 4.77. The van der Waals surface area contributed by atoms with Gasteiger partial charge in [0.1, 0.15) is 0 Å². The minimum absolute atomic E-state index is 0.509. The largest absolute Gasteiger partial charge is 0.490 e. The summed E-state index contributed by atoms with van der Waals surface area (Å²) in [7, 11) is 2.30. The summed E-state index contributed by atoms with van der Waals surface area (Å²) in [4.78, 5) is 1.87. The van der Waals surface area contributed by atoms with Crippen LogP contribution in [0, 0.1) is 6.92 Å². The second kappa shape index (κ2) is 4.51. The molecule has 0 atom stereocenters. The van der Waals surface area contributed by atoms with E-state index in [-0.39, 0.29) is 0 Å². The summed E-state index contributed by atoms with van der Waals surface area (Å²) in [6, 6.07) is 3.70. The molecule has 0 amide bonds. The minimum Gasteiger partial charge on any atom is -0.423 e. The molecule has 1 aromatic carbocycles. The van der Waals surface area contributed by atoms with Crippen molar-refractivity contribution >= 4 is 24.3 Å². The maximum absolute atomic E-state index is 9.29. The molecule has 3 nitrogen and oxygen atoms in total. The van der Waals surface area contributed by atoms with Crippen molar-refractivity contribution in [1.82, 2.24) is 0 Å². The van der Waals surface area contributed by atoms with Crippen molar-refractivity contribution in [2.45, 2.75) is 6.92 Å². The lowest BCUT2D eigenvalue weighted by atomic mass is 9.76.